The Bertz CT molecular complexity index is 2170. The van der Waals surface area contributed by atoms with Gasteiger partial charge in [0, 0.05) is 39.4 Å². The van der Waals surface area contributed by atoms with Crippen molar-refractivity contribution >= 4 is 56.1 Å². The zero-order chi connectivity index (χ0) is 34.0. The maximum atomic E-state index is 13.6. The van der Waals surface area contributed by atoms with Crippen LogP contribution in [-0.2, 0) is 13.0 Å². The number of aromatic nitrogens is 2. The Morgan fingerprint density at radius 1 is 0.920 bits per heavy atom. The summed E-state index contributed by atoms with van der Waals surface area (Å²) >= 11 is 3.30. The lowest BCUT2D eigenvalue weighted by Crippen LogP contribution is -2.48. The zero-order valence-corrected chi connectivity index (χ0v) is 29.0. The number of pyridine rings is 1. The van der Waals surface area contributed by atoms with Crippen LogP contribution in [0.25, 0.3) is 21.3 Å². The molecule has 2 N–H and O–H groups in total. The van der Waals surface area contributed by atoms with Gasteiger partial charge in [-0.15, -0.1) is 11.8 Å². The Morgan fingerprint density at radius 3 is 2.42 bits per heavy atom. The minimum atomic E-state index is -1.14. The molecule has 0 radical (unpaired) electrons. The monoisotopic (exact) mass is 697 g/mol. The Labute approximate surface area is 298 Å². The van der Waals surface area contributed by atoms with Gasteiger partial charge in [-0.05, 0) is 110 Å². The molecule has 4 aliphatic carbocycles. The van der Waals surface area contributed by atoms with E-state index in [0.717, 1.165) is 44.0 Å². The number of hydrogen-bond donors (Lipinski definition) is 2. The number of nitrogens with zero attached hydrogens (tertiary/aromatic N) is 4. The Hall–Kier alpha value is -4.72. The average Bonchev–Trinajstić information content (AvgIpc) is 3.52. The van der Waals surface area contributed by atoms with E-state index in [-0.39, 0.29) is 16.3 Å². The second-order valence-corrected chi connectivity index (χ2v) is 17.0. The van der Waals surface area contributed by atoms with Crippen LogP contribution < -0.4 is 10.2 Å². The number of thiazole rings is 1. The molecule has 5 aliphatic rings. The zero-order valence-electron chi connectivity index (χ0n) is 27.4. The van der Waals surface area contributed by atoms with E-state index in [0.29, 0.717) is 52.7 Å². The van der Waals surface area contributed by atoms with Crippen LogP contribution in [0, 0.1) is 29.1 Å². The van der Waals surface area contributed by atoms with E-state index in [1.165, 1.54) is 49.9 Å². The molecule has 1 amide bonds. The number of carbonyl (C=O) groups is 2. The van der Waals surface area contributed by atoms with Crippen molar-refractivity contribution in [1.29, 1.82) is 5.26 Å². The Morgan fingerprint density at radius 2 is 1.68 bits per heavy atom. The molecule has 1 aliphatic heterocycles. The van der Waals surface area contributed by atoms with Crippen LogP contribution in [0.2, 0.25) is 0 Å². The first-order valence-corrected chi connectivity index (χ1v) is 19.0. The minimum absolute atomic E-state index is 0.0800. The van der Waals surface area contributed by atoms with Crippen molar-refractivity contribution in [3.63, 3.8) is 0 Å². The predicted molar refractivity (Wildman–Crippen MR) is 197 cm³/mol. The maximum absolute atomic E-state index is 13.6. The number of benzene rings is 3. The van der Waals surface area contributed by atoms with Crippen molar-refractivity contribution in [2.24, 2.45) is 17.8 Å². The van der Waals surface area contributed by atoms with E-state index in [1.807, 2.05) is 83.4 Å². The summed E-state index contributed by atoms with van der Waals surface area (Å²) < 4.78 is 1.17. The molecule has 2 aromatic heterocycles. The first kappa shape index (κ1) is 31.3. The fourth-order valence-electron chi connectivity index (χ4n) is 9.43. The van der Waals surface area contributed by atoms with Gasteiger partial charge in [0.25, 0.3) is 5.91 Å². The molecule has 3 heterocycles. The van der Waals surface area contributed by atoms with Crippen LogP contribution in [0.3, 0.4) is 0 Å². The molecule has 0 spiro atoms. The summed E-state index contributed by atoms with van der Waals surface area (Å²) in [6, 6.07) is 25.5. The normalized spacial score (nSPS) is 23.4. The molecule has 5 aromatic rings. The summed E-state index contributed by atoms with van der Waals surface area (Å²) in [6.45, 7) is 1.03. The van der Waals surface area contributed by atoms with E-state index >= 15 is 0 Å². The number of thioether (sulfide) groups is 1. The molecule has 0 saturated heterocycles. The summed E-state index contributed by atoms with van der Waals surface area (Å²) in [5.41, 5.74) is 4.88. The number of amides is 1. The number of hydrogen-bond acceptors (Lipinski definition) is 8. The third-order valence-corrected chi connectivity index (χ3v) is 13.6. The average molecular weight is 698 g/mol. The summed E-state index contributed by atoms with van der Waals surface area (Å²) in [7, 11) is 0. The fourth-order valence-corrected chi connectivity index (χ4v) is 12.1. The number of nitriles is 1. The lowest BCUT2D eigenvalue weighted by Gasteiger charge is -2.56. The van der Waals surface area contributed by atoms with Gasteiger partial charge in [-0.2, -0.15) is 5.26 Å². The van der Waals surface area contributed by atoms with Gasteiger partial charge in [0.2, 0.25) is 0 Å². The topological polar surface area (TPSA) is 119 Å². The number of carboxylic acid groups (broad SMARTS) is 1. The van der Waals surface area contributed by atoms with Gasteiger partial charge in [0.15, 0.2) is 10.8 Å². The van der Waals surface area contributed by atoms with Crippen LogP contribution >= 0.6 is 23.1 Å². The van der Waals surface area contributed by atoms with Crippen LogP contribution in [0.5, 0.6) is 0 Å². The van der Waals surface area contributed by atoms with E-state index in [2.05, 4.69) is 16.4 Å². The van der Waals surface area contributed by atoms with Crippen LogP contribution in [-0.4, -0.2) is 38.2 Å². The van der Waals surface area contributed by atoms with Gasteiger partial charge >= 0.3 is 5.97 Å². The van der Waals surface area contributed by atoms with Crippen molar-refractivity contribution < 1.29 is 14.7 Å². The second kappa shape index (κ2) is 12.3. The number of anilines is 2. The summed E-state index contributed by atoms with van der Waals surface area (Å²) in [4.78, 5) is 38.6. The van der Waals surface area contributed by atoms with E-state index in [9.17, 15) is 20.0 Å². The molecule has 0 atom stereocenters. The van der Waals surface area contributed by atoms with Crippen LogP contribution in [0.1, 0.15) is 76.1 Å². The molecule has 4 saturated carbocycles. The molecule has 10 rings (SSSR count). The number of nitrogens with one attached hydrogen (secondary N) is 1. The highest BCUT2D eigenvalue weighted by Crippen LogP contribution is 2.62. The molecule has 10 heteroatoms. The van der Waals surface area contributed by atoms with Crippen molar-refractivity contribution in [3.05, 3.63) is 101 Å². The fraction of sp³-hybridized carbons (Fsp3) is 0.325. The molecule has 0 unspecified atom stereocenters. The predicted octanol–water partition coefficient (Wildman–Crippen LogP) is 8.80. The second-order valence-electron chi connectivity index (χ2n) is 14.4. The van der Waals surface area contributed by atoms with E-state index < -0.39 is 5.97 Å². The largest absolute Gasteiger partial charge is 0.476 e. The smallest absolute Gasteiger partial charge is 0.355 e. The number of carbonyl (C=O) groups excluding carboxylic acids is 1. The number of carboxylic acids is 1. The summed E-state index contributed by atoms with van der Waals surface area (Å²) in [5.74, 6) is 1.54. The van der Waals surface area contributed by atoms with Crippen LogP contribution in [0.15, 0.2) is 77.7 Å². The van der Waals surface area contributed by atoms with E-state index in [1.54, 1.807) is 6.07 Å². The van der Waals surface area contributed by atoms with Gasteiger partial charge in [0.1, 0.15) is 11.9 Å². The van der Waals surface area contributed by atoms with Gasteiger partial charge in [-0.3, -0.25) is 10.1 Å². The SMILES string of the molecule is N#Cc1c(SC23CC4CC(CC(C4)C2)C3)cccc1-c1ccc(N2CCc3cccc(C(=O)Nc4nc5ccccc5s4)c3C2)nc1C(=O)O. The van der Waals surface area contributed by atoms with Crippen LogP contribution in [0.4, 0.5) is 10.9 Å². The van der Waals surface area contributed by atoms with Crippen molar-refractivity contribution in [3.8, 4) is 17.2 Å². The number of fused-ring (bicyclic) bond motifs is 2. The highest BCUT2D eigenvalue weighted by Gasteiger charge is 2.51. The first-order valence-electron chi connectivity index (χ1n) is 17.3. The third-order valence-electron chi connectivity index (χ3n) is 11.2. The lowest BCUT2D eigenvalue weighted by atomic mass is 9.56. The first-order chi connectivity index (χ1) is 24.3. The molecular weight excluding hydrogens is 663 g/mol. The molecule has 50 heavy (non-hydrogen) atoms. The standard InChI is InChI=1S/C40H35N5O3S2/c41-21-30-27(6-4-10-33(30)50-40-18-23-15-24(19-40)17-25(16-23)20-40)28-11-12-35(43-36(28)38(47)48)45-14-13-26-5-3-7-29(31(26)22-45)37(46)44-39-42-32-8-1-2-9-34(32)49-39/h1-12,23-25H,13-20,22H2,(H,47,48)(H,42,44,46). The molecule has 8 nitrogen and oxygen atoms in total. The van der Waals surface area contributed by atoms with Gasteiger partial charge < -0.3 is 10.0 Å². The summed E-state index contributed by atoms with van der Waals surface area (Å²) in [6.07, 6.45) is 8.37. The maximum Gasteiger partial charge on any atom is 0.355 e. The van der Waals surface area contributed by atoms with Gasteiger partial charge in [-0.1, -0.05) is 47.7 Å². The Kier molecular flexibility index (Phi) is 7.66. The highest BCUT2D eigenvalue weighted by molar-refractivity contribution is 8.00. The number of aromatic carboxylic acids is 1. The molecule has 4 bridgehead atoms. The number of para-hydroxylation sites is 1. The molecule has 4 fully saturated rings. The van der Waals surface area contributed by atoms with Gasteiger partial charge in [0.05, 0.1) is 15.8 Å². The van der Waals surface area contributed by atoms with Crippen molar-refractivity contribution in [2.45, 2.75) is 61.1 Å². The summed E-state index contributed by atoms with van der Waals surface area (Å²) in [5, 5.41) is 24.4. The molecular formula is C40H35N5O3S2. The van der Waals surface area contributed by atoms with Crippen molar-refractivity contribution in [2.75, 3.05) is 16.8 Å². The number of rotatable bonds is 7. The van der Waals surface area contributed by atoms with Gasteiger partial charge in [-0.25, -0.2) is 14.8 Å². The lowest BCUT2D eigenvalue weighted by molar-refractivity contribution is 0.0383. The quantitative estimate of drug-likeness (QED) is 0.173. The van der Waals surface area contributed by atoms with E-state index in [4.69, 9.17) is 4.98 Å². The third kappa shape index (κ3) is 5.53. The minimum Gasteiger partial charge on any atom is -0.476 e. The van der Waals surface area contributed by atoms with Crippen molar-refractivity contribution in [1.82, 2.24) is 9.97 Å². The molecule has 250 valence electrons. The highest BCUT2D eigenvalue weighted by atomic mass is 32.2. The Balaban J connectivity index is 1.000. The molecule has 3 aromatic carbocycles.